The molecule has 0 spiro atoms. The fourth-order valence-corrected chi connectivity index (χ4v) is 3.62. The van der Waals surface area contributed by atoms with E-state index < -0.39 is 0 Å². The molecule has 2 atom stereocenters. The molecule has 2 aromatic carbocycles. The zero-order chi connectivity index (χ0) is 14.9. The van der Waals surface area contributed by atoms with E-state index in [1.807, 2.05) is 23.9 Å². The summed E-state index contributed by atoms with van der Waals surface area (Å²) in [7, 11) is 0. The first-order valence-corrected chi connectivity index (χ1v) is 8.43. The van der Waals surface area contributed by atoms with Crippen molar-refractivity contribution in [3.63, 3.8) is 0 Å². The molecule has 21 heavy (non-hydrogen) atoms. The van der Waals surface area contributed by atoms with E-state index in [1.54, 1.807) is 0 Å². The maximum absolute atomic E-state index is 8.98. The summed E-state index contributed by atoms with van der Waals surface area (Å²) in [4.78, 5) is 0. The highest BCUT2D eigenvalue weighted by Crippen LogP contribution is 2.33. The Labute approximate surface area is 131 Å². The summed E-state index contributed by atoms with van der Waals surface area (Å²) in [5.74, 6) is 0.929. The molecule has 2 unspecified atom stereocenters. The average Bonchev–Trinajstić information content (AvgIpc) is 2.53. The van der Waals surface area contributed by atoms with Crippen molar-refractivity contribution < 1.29 is 5.11 Å². The number of hydrogen-bond donors (Lipinski definition) is 2. The quantitative estimate of drug-likeness (QED) is 0.735. The monoisotopic (exact) mass is 301 g/mol. The molecule has 3 heteroatoms. The molecule has 112 valence electrons. The van der Waals surface area contributed by atoms with Crippen LogP contribution < -0.4 is 5.73 Å². The molecular weight excluding hydrogens is 278 g/mol. The Balaban J connectivity index is 2.07. The fraction of sp³-hybridized carbons (Fsp3) is 0.333. The first-order valence-electron chi connectivity index (χ1n) is 7.38. The van der Waals surface area contributed by atoms with Crippen molar-refractivity contribution in [2.75, 3.05) is 12.4 Å². The molecule has 0 aliphatic heterocycles. The van der Waals surface area contributed by atoms with Crippen molar-refractivity contribution in [3.8, 4) is 0 Å². The van der Waals surface area contributed by atoms with E-state index in [4.69, 9.17) is 10.8 Å². The van der Waals surface area contributed by atoms with Crippen LogP contribution >= 0.6 is 11.8 Å². The first-order chi connectivity index (χ1) is 10.3. The van der Waals surface area contributed by atoms with Gasteiger partial charge < -0.3 is 10.8 Å². The minimum atomic E-state index is 0.0680. The highest BCUT2D eigenvalue weighted by Gasteiger charge is 2.20. The van der Waals surface area contributed by atoms with Crippen molar-refractivity contribution in [2.45, 2.75) is 24.1 Å². The minimum absolute atomic E-state index is 0.0680. The van der Waals surface area contributed by atoms with Crippen LogP contribution in [-0.4, -0.2) is 23.5 Å². The van der Waals surface area contributed by atoms with E-state index in [2.05, 4.69) is 48.5 Å². The molecule has 2 aromatic rings. The van der Waals surface area contributed by atoms with Crippen LogP contribution in [0.1, 0.15) is 22.8 Å². The maximum Gasteiger partial charge on any atom is 0.0451 e. The lowest BCUT2D eigenvalue weighted by molar-refractivity contribution is 0.296. The average molecular weight is 301 g/mol. The van der Waals surface area contributed by atoms with Crippen LogP contribution in [0, 0.1) is 0 Å². The zero-order valence-electron chi connectivity index (χ0n) is 12.2. The smallest absolute Gasteiger partial charge is 0.0451 e. The van der Waals surface area contributed by atoms with Crippen molar-refractivity contribution >= 4 is 11.8 Å². The van der Waals surface area contributed by atoms with Crippen molar-refractivity contribution in [1.29, 1.82) is 0 Å². The number of rotatable bonds is 8. The van der Waals surface area contributed by atoms with Crippen LogP contribution in [0.2, 0.25) is 0 Å². The van der Waals surface area contributed by atoms with E-state index in [-0.39, 0.29) is 17.9 Å². The molecule has 0 fully saturated rings. The van der Waals surface area contributed by atoms with Crippen LogP contribution in [-0.2, 0) is 6.42 Å². The van der Waals surface area contributed by atoms with E-state index in [0.29, 0.717) is 0 Å². The second-order valence-electron chi connectivity index (χ2n) is 5.13. The third-order valence-corrected chi connectivity index (χ3v) is 4.94. The summed E-state index contributed by atoms with van der Waals surface area (Å²) in [5, 5.41) is 9.24. The maximum atomic E-state index is 8.98. The summed E-state index contributed by atoms with van der Waals surface area (Å²) in [6.07, 6.45) is 1.68. The summed E-state index contributed by atoms with van der Waals surface area (Å²) >= 11 is 1.84. The van der Waals surface area contributed by atoms with Gasteiger partial charge >= 0.3 is 0 Å². The van der Waals surface area contributed by atoms with E-state index in [9.17, 15) is 0 Å². The number of aliphatic hydroxyl groups is 1. The first kappa shape index (κ1) is 16.1. The SMILES string of the molecule is NC(Cc1ccccc1)C(SCCCO)c1ccccc1. The van der Waals surface area contributed by atoms with E-state index in [0.717, 1.165) is 18.6 Å². The van der Waals surface area contributed by atoms with Gasteiger partial charge in [-0.2, -0.15) is 11.8 Å². The number of benzene rings is 2. The third kappa shape index (κ3) is 5.20. The highest BCUT2D eigenvalue weighted by atomic mass is 32.2. The molecule has 2 nitrogen and oxygen atoms in total. The predicted molar refractivity (Wildman–Crippen MR) is 91.5 cm³/mol. The molecule has 3 N–H and O–H groups in total. The number of thioether (sulfide) groups is 1. The van der Waals surface area contributed by atoms with E-state index in [1.165, 1.54) is 11.1 Å². The van der Waals surface area contributed by atoms with Crippen molar-refractivity contribution in [1.82, 2.24) is 0 Å². The van der Waals surface area contributed by atoms with E-state index >= 15 is 0 Å². The van der Waals surface area contributed by atoms with Gasteiger partial charge in [0.2, 0.25) is 0 Å². The Morgan fingerprint density at radius 3 is 2.19 bits per heavy atom. The minimum Gasteiger partial charge on any atom is -0.396 e. The second kappa shape index (κ2) is 8.88. The summed E-state index contributed by atoms with van der Waals surface area (Å²) in [5.41, 5.74) is 9.02. The van der Waals surface area contributed by atoms with Gasteiger partial charge in [-0.1, -0.05) is 60.7 Å². The normalized spacial score (nSPS) is 13.8. The predicted octanol–water partition coefficient (Wildman–Crippen LogP) is 3.41. The molecule has 0 radical (unpaired) electrons. The Morgan fingerprint density at radius 2 is 1.57 bits per heavy atom. The van der Waals surface area contributed by atoms with Gasteiger partial charge in [0.15, 0.2) is 0 Å². The summed E-state index contributed by atoms with van der Waals surface area (Å²) < 4.78 is 0. The van der Waals surface area contributed by atoms with Gasteiger partial charge in [0.25, 0.3) is 0 Å². The van der Waals surface area contributed by atoms with Gasteiger partial charge in [-0.3, -0.25) is 0 Å². The van der Waals surface area contributed by atoms with Gasteiger partial charge in [-0.25, -0.2) is 0 Å². The zero-order valence-corrected chi connectivity index (χ0v) is 13.0. The molecule has 0 aliphatic carbocycles. The Morgan fingerprint density at radius 1 is 0.952 bits per heavy atom. The lowest BCUT2D eigenvalue weighted by atomic mass is 9.99. The number of aliphatic hydroxyl groups excluding tert-OH is 1. The van der Waals surface area contributed by atoms with Crippen LogP contribution in [0.15, 0.2) is 60.7 Å². The van der Waals surface area contributed by atoms with Crippen molar-refractivity contribution in [3.05, 3.63) is 71.8 Å². The molecule has 0 saturated carbocycles. The molecule has 0 aromatic heterocycles. The van der Waals surface area contributed by atoms with Crippen LogP contribution in [0.4, 0.5) is 0 Å². The lowest BCUT2D eigenvalue weighted by Crippen LogP contribution is -2.29. The molecular formula is C18H23NOS. The largest absolute Gasteiger partial charge is 0.396 e. The molecule has 0 bridgehead atoms. The number of hydrogen-bond acceptors (Lipinski definition) is 3. The third-order valence-electron chi connectivity index (χ3n) is 3.43. The second-order valence-corrected chi connectivity index (χ2v) is 6.38. The van der Waals surface area contributed by atoms with Crippen molar-refractivity contribution in [2.24, 2.45) is 5.73 Å². The van der Waals surface area contributed by atoms with Gasteiger partial charge in [0, 0.05) is 17.9 Å². The molecule has 0 aliphatic rings. The summed E-state index contributed by atoms with van der Waals surface area (Å²) in [6, 6.07) is 20.9. The van der Waals surface area contributed by atoms with Gasteiger partial charge in [0.05, 0.1) is 0 Å². The molecule has 0 heterocycles. The van der Waals surface area contributed by atoms with Gasteiger partial charge in [0.1, 0.15) is 0 Å². The molecule has 2 rings (SSSR count). The standard InChI is InChI=1S/C18H23NOS/c19-17(14-15-8-3-1-4-9-15)18(21-13-7-12-20)16-10-5-2-6-11-16/h1-6,8-11,17-18,20H,7,12-14,19H2. The highest BCUT2D eigenvalue weighted by molar-refractivity contribution is 7.99. The van der Waals surface area contributed by atoms with Crippen LogP contribution in [0.25, 0.3) is 0 Å². The van der Waals surface area contributed by atoms with Gasteiger partial charge in [-0.05, 0) is 29.7 Å². The fourth-order valence-electron chi connectivity index (χ4n) is 2.38. The van der Waals surface area contributed by atoms with Gasteiger partial charge in [-0.15, -0.1) is 0 Å². The lowest BCUT2D eigenvalue weighted by Gasteiger charge is -2.24. The molecule has 0 saturated heterocycles. The Kier molecular flexibility index (Phi) is 6.80. The Bertz CT molecular complexity index is 503. The topological polar surface area (TPSA) is 46.2 Å². The molecule has 0 amide bonds. The van der Waals surface area contributed by atoms with Crippen LogP contribution in [0.5, 0.6) is 0 Å². The Hall–Kier alpha value is -1.29. The summed E-state index contributed by atoms with van der Waals surface area (Å²) in [6.45, 7) is 0.239. The van der Waals surface area contributed by atoms with Crippen LogP contribution in [0.3, 0.4) is 0 Å². The number of nitrogens with two attached hydrogens (primary N) is 1.